The minimum Gasteiger partial charge on any atom is -0.352 e. The minimum absolute atomic E-state index is 0.0516. The van der Waals surface area contributed by atoms with Crippen molar-refractivity contribution in [2.45, 2.75) is 46.1 Å². The first-order valence-corrected chi connectivity index (χ1v) is 10.4. The molecule has 0 radical (unpaired) electrons. The summed E-state index contributed by atoms with van der Waals surface area (Å²) in [5.74, 6) is 0.450. The van der Waals surface area contributed by atoms with Crippen LogP contribution in [0.4, 0.5) is 10.5 Å². The number of hydrogen-bond donors (Lipinski definition) is 2. The SMILES string of the molecule is Cc1cccc(NC(=O)N2CCCC(CCC(=O)NCc3ccccc3C)C2)c1. The third kappa shape index (κ3) is 6.34. The summed E-state index contributed by atoms with van der Waals surface area (Å²) < 4.78 is 0. The van der Waals surface area contributed by atoms with Crippen LogP contribution >= 0.6 is 0 Å². The molecule has 0 bridgehead atoms. The Balaban J connectivity index is 1.42. The average molecular weight is 394 g/mol. The van der Waals surface area contributed by atoms with Gasteiger partial charge in [-0.05, 0) is 67.9 Å². The average Bonchev–Trinajstić information content (AvgIpc) is 2.72. The summed E-state index contributed by atoms with van der Waals surface area (Å²) in [5, 5.41) is 6.01. The van der Waals surface area contributed by atoms with Crippen LogP contribution in [0.15, 0.2) is 48.5 Å². The van der Waals surface area contributed by atoms with Crippen molar-refractivity contribution in [3.63, 3.8) is 0 Å². The second-order valence-corrected chi connectivity index (χ2v) is 8.00. The first-order valence-electron chi connectivity index (χ1n) is 10.4. The second kappa shape index (κ2) is 10.1. The Bertz CT molecular complexity index is 850. The molecule has 5 heteroatoms. The van der Waals surface area contributed by atoms with E-state index in [9.17, 15) is 9.59 Å². The number of benzene rings is 2. The van der Waals surface area contributed by atoms with Gasteiger partial charge in [0.15, 0.2) is 0 Å². The zero-order valence-electron chi connectivity index (χ0n) is 17.4. The van der Waals surface area contributed by atoms with E-state index in [2.05, 4.69) is 23.6 Å². The van der Waals surface area contributed by atoms with Gasteiger partial charge in [0.2, 0.25) is 5.91 Å². The monoisotopic (exact) mass is 393 g/mol. The molecule has 0 spiro atoms. The summed E-state index contributed by atoms with van der Waals surface area (Å²) >= 11 is 0. The van der Waals surface area contributed by atoms with Gasteiger partial charge in [0.25, 0.3) is 0 Å². The van der Waals surface area contributed by atoms with Crippen LogP contribution in [0.1, 0.15) is 42.4 Å². The number of anilines is 1. The Morgan fingerprint density at radius 3 is 2.72 bits per heavy atom. The smallest absolute Gasteiger partial charge is 0.321 e. The zero-order chi connectivity index (χ0) is 20.6. The van der Waals surface area contributed by atoms with Gasteiger partial charge >= 0.3 is 6.03 Å². The maximum Gasteiger partial charge on any atom is 0.321 e. The van der Waals surface area contributed by atoms with Gasteiger partial charge in [-0.25, -0.2) is 4.79 Å². The van der Waals surface area contributed by atoms with Crippen LogP contribution in [-0.4, -0.2) is 29.9 Å². The van der Waals surface area contributed by atoms with Gasteiger partial charge in [-0.1, -0.05) is 36.4 Å². The van der Waals surface area contributed by atoms with Crippen molar-refractivity contribution in [2.75, 3.05) is 18.4 Å². The third-order valence-electron chi connectivity index (χ3n) is 5.59. The lowest BCUT2D eigenvalue weighted by Gasteiger charge is -2.32. The number of amides is 3. The van der Waals surface area contributed by atoms with E-state index in [1.165, 1.54) is 5.56 Å². The Hall–Kier alpha value is -2.82. The Labute approximate surface area is 173 Å². The van der Waals surface area contributed by atoms with Gasteiger partial charge in [0.05, 0.1) is 0 Å². The summed E-state index contributed by atoms with van der Waals surface area (Å²) in [5.41, 5.74) is 4.29. The van der Waals surface area contributed by atoms with Crippen LogP contribution in [0, 0.1) is 19.8 Å². The van der Waals surface area contributed by atoms with Crippen molar-refractivity contribution in [3.05, 3.63) is 65.2 Å². The van der Waals surface area contributed by atoms with Gasteiger partial charge in [-0.2, -0.15) is 0 Å². The lowest BCUT2D eigenvalue weighted by atomic mass is 9.93. The van der Waals surface area contributed by atoms with Crippen LogP contribution in [0.2, 0.25) is 0 Å². The van der Waals surface area contributed by atoms with Crippen molar-refractivity contribution in [3.8, 4) is 0 Å². The molecule has 154 valence electrons. The van der Waals surface area contributed by atoms with Crippen molar-refractivity contribution in [2.24, 2.45) is 5.92 Å². The molecule has 0 aromatic heterocycles. The highest BCUT2D eigenvalue weighted by Crippen LogP contribution is 2.22. The summed E-state index contributed by atoms with van der Waals surface area (Å²) in [7, 11) is 0. The summed E-state index contributed by atoms with van der Waals surface area (Å²) in [6, 6.07) is 15.9. The van der Waals surface area contributed by atoms with E-state index in [-0.39, 0.29) is 11.9 Å². The molecule has 1 heterocycles. The molecule has 2 aromatic carbocycles. The fourth-order valence-electron chi connectivity index (χ4n) is 3.84. The van der Waals surface area contributed by atoms with Crippen LogP contribution in [0.5, 0.6) is 0 Å². The second-order valence-electron chi connectivity index (χ2n) is 8.00. The number of urea groups is 1. The van der Waals surface area contributed by atoms with Crippen LogP contribution in [0.25, 0.3) is 0 Å². The molecule has 2 N–H and O–H groups in total. The number of rotatable bonds is 6. The molecule has 1 aliphatic rings. The molecule has 5 nitrogen and oxygen atoms in total. The topological polar surface area (TPSA) is 61.4 Å². The summed E-state index contributed by atoms with van der Waals surface area (Å²) in [4.78, 5) is 26.7. The largest absolute Gasteiger partial charge is 0.352 e. The van der Waals surface area contributed by atoms with Crippen LogP contribution in [0.3, 0.4) is 0 Å². The normalized spacial score (nSPS) is 16.3. The number of nitrogens with one attached hydrogen (secondary N) is 2. The van der Waals surface area contributed by atoms with Crippen LogP contribution < -0.4 is 10.6 Å². The maximum atomic E-state index is 12.6. The molecule has 29 heavy (non-hydrogen) atoms. The molecule has 0 saturated carbocycles. The molecule has 1 aliphatic heterocycles. The summed E-state index contributed by atoms with van der Waals surface area (Å²) in [6.45, 7) is 6.12. The molecule has 1 fully saturated rings. The van der Waals surface area contributed by atoms with E-state index in [1.54, 1.807) is 0 Å². The lowest BCUT2D eigenvalue weighted by Crippen LogP contribution is -2.42. The fraction of sp³-hybridized carbons (Fsp3) is 0.417. The molecular formula is C24H31N3O2. The maximum absolute atomic E-state index is 12.6. The Morgan fingerprint density at radius 1 is 1.10 bits per heavy atom. The molecule has 3 amide bonds. The Kier molecular flexibility index (Phi) is 7.28. The van der Waals surface area contributed by atoms with E-state index < -0.39 is 0 Å². The van der Waals surface area contributed by atoms with Crippen LogP contribution in [-0.2, 0) is 11.3 Å². The van der Waals surface area contributed by atoms with E-state index in [0.717, 1.165) is 42.6 Å². The number of carbonyl (C=O) groups excluding carboxylic acids is 2. The number of piperidine rings is 1. The van der Waals surface area contributed by atoms with Gasteiger partial charge < -0.3 is 15.5 Å². The van der Waals surface area contributed by atoms with Crippen molar-refractivity contribution < 1.29 is 9.59 Å². The standard InChI is InChI=1S/C24H31N3O2/c1-18-7-5-11-22(15-18)26-24(29)27-14-6-9-20(17-27)12-13-23(28)25-16-21-10-4-3-8-19(21)2/h3-5,7-8,10-11,15,20H,6,9,12-14,16-17H2,1-2H3,(H,25,28)(H,26,29). The van der Waals surface area contributed by atoms with Gasteiger partial charge in [0, 0.05) is 31.7 Å². The quantitative estimate of drug-likeness (QED) is 0.751. The number of carbonyl (C=O) groups is 2. The molecule has 1 atom stereocenters. The highest BCUT2D eigenvalue weighted by molar-refractivity contribution is 5.89. The highest BCUT2D eigenvalue weighted by Gasteiger charge is 2.24. The van der Waals surface area contributed by atoms with E-state index in [1.807, 2.05) is 54.3 Å². The first kappa shape index (κ1) is 20.9. The first-order chi connectivity index (χ1) is 14.0. The molecule has 1 saturated heterocycles. The number of likely N-dealkylation sites (tertiary alicyclic amines) is 1. The molecule has 3 rings (SSSR count). The van der Waals surface area contributed by atoms with E-state index >= 15 is 0 Å². The number of aryl methyl sites for hydroxylation is 2. The molecule has 0 aliphatic carbocycles. The predicted molar refractivity (Wildman–Crippen MR) is 117 cm³/mol. The third-order valence-corrected chi connectivity index (χ3v) is 5.59. The highest BCUT2D eigenvalue weighted by atomic mass is 16.2. The van der Waals surface area contributed by atoms with Crippen molar-refractivity contribution >= 4 is 17.6 Å². The van der Waals surface area contributed by atoms with Crippen molar-refractivity contribution in [1.29, 1.82) is 0 Å². The fourth-order valence-corrected chi connectivity index (χ4v) is 3.84. The Morgan fingerprint density at radius 2 is 1.93 bits per heavy atom. The molecular weight excluding hydrogens is 362 g/mol. The zero-order valence-corrected chi connectivity index (χ0v) is 17.4. The van der Waals surface area contributed by atoms with Gasteiger partial charge in [0.1, 0.15) is 0 Å². The van der Waals surface area contributed by atoms with Gasteiger partial charge in [-0.15, -0.1) is 0 Å². The predicted octanol–water partition coefficient (Wildman–Crippen LogP) is 4.64. The van der Waals surface area contributed by atoms with Crippen molar-refractivity contribution in [1.82, 2.24) is 10.2 Å². The van der Waals surface area contributed by atoms with Gasteiger partial charge in [-0.3, -0.25) is 4.79 Å². The minimum atomic E-state index is -0.0516. The lowest BCUT2D eigenvalue weighted by molar-refractivity contribution is -0.121. The van der Waals surface area contributed by atoms with E-state index in [4.69, 9.17) is 0 Å². The number of hydrogen-bond acceptors (Lipinski definition) is 2. The summed E-state index contributed by atoms with van der Waals surface area (Å²) in [6.07, 6.45) is 3.37. The molecule has 2 aromatic rings. The van der Waals surface area contributed by atoms with E-state index in [0.29, 0.717) is 25.4 Å². The number of nitrogens with zero attached hydrogens (tertiary/aromatic N) is 1. The molecule has 1 unspecified atom stereocenters.